The summed E-state index contributed by atoms with van der Waals surface area (Å²) in [4.78, 5) is 11.0. The van der Waals surface area contributed by atoms with Gasteiger partial charge in [-0.15, -0.1) is 0 Å². The summed E-state index contributed by atoms with van der Waals surface area (Å²) in [5.41, 5.74) is 0. The fraction of sp³-hybridized carbons (Fsp3) is 0.667. The highest BCUT2D eigenvalue weighted by atomic mass is 19.3. The first-order valence-corrected chi connectivity index (χ1v) is 4.34. The van der Waals surface area contributed by atoms with Crippen LogP contribution in [0.2, 0.25) is 0 Å². The van der Waals surface area contributed by atoms with Crippen molar-refractivity contribution in [1.82, 2.24) is 5.32 Å². The van der Waals surface area contributed by atoms with E-state index in [9.17, 15) is 13.6 Å². The van der Waals surface area contributed by atoms with Gasteiger partial charge in [0.05, 0.1) is 0 Å². The smallest absolute Gasteiger partial charge is 0.250 e. The van der Waals surface area contributed by atoms with Gasteiger partial charge in [-0.05, 0) is 19.4 Å². The zero-order valence-electron chi connectivity index (χ0n) is 7.52. The van der Waals surface area contributed by atoms with Crippen LogP contribution in [-0.4, -0.2) is 17.9 Å². The van der Waals surface area contributed by atoms with Gasteiger partial charge in [0.1, 0.15) is 0 Å². The van der Waals surface area contributed by atoms with E-state index in [2.05, 4.69) is 5.32 Å². The van der Waals surface area contributed by atoms with Crippen molar-refractivity contribution < 1.29 is 13.6 Å². The number of hydrogen-bond acceptors (Lipinski definition) is 1. The van der Waals surface area contributed by atoms with Crippen LogP contribution in [-0.2, 0) is 4.79 Å². The fourth-order valence-corrected chi connectivity index (χ4v) is 1.47. The lowest BCUT2D eigenvalue weighted by atomic mass is 10.2. The highest BCUT2D eigenvalue weighted by Gasteiger charge is 2.39. The Morgan fingerprint density at radius 1 is 1.62 bits per heavy atom. The van der Waals surface area contributed by atoms with Crippen LogP contribution < -0.4 is 5.32 Å². The second kappa shape index (κ2) is 3.85. The normalized spacial score (nSPS) is 26.5. The molecule has 1 N–H and O–H groups in total. The number of halogens is 2. The van der Waals surface area contributed by atoms with E-state index in [1.165, 1.54) is 6.08 Å². The lowest BCUT2D eigenvalue weighted by molar-refractivity contribution is -0.117. The number of carbonyl (C=O) groups excluding carboxylic acids is 1. The van der Waals surface area contributed by atoms with E-state index in [0.717, 1.165) is 0 Å². The minimum absolute atomic E-state index is 0.117. The van der Waals surface area contributed by atoms with Gasteiger partial charge in [-0.3, -0.25) is 4.79 Å². The Labute approximate surface area is 76.0 Å². The molecule has 1 rings (SSSR count). The summed E-state index contributed by atoms with van der Waals surface area (Å²) in [6, 6.07) is -0.362. The SMILES string of the molecule is C/C=C/C(=O)NC1CCC(F)(F)C1. The first-order valence-electron chi connectivity index (χ1n) is 4.34. The number of hydrogen-bond donors (Lipinski definition) is 1. The molecule has 1 amide bonds. The molecule has 1 fully saturated rings. The second-order valence-corrected chi connectivity index (χ2v) is 3.30. The molecule has 1 saturated carbocycles. The summed E-state index contributed by atoms with van der Waals surface area (Å²) >= 11 is 0. The predicted octanol–water partition coefficient (Wildman–Crippen LogP) is 1.87. The van der Waals surface area contributed by atoms with Crippen molar-refractivity contribution in [2.45, 2.75) is 38.2 Å². The molecule has 1 aliphatic rings. The Hall–Kier alpha value is -0.930. The van der Waals surface area contributed by atoms with Gasteiger partial charge < -0.3 is 5.32 Å². The quantitative estimate of drug-likeness (QED) is 0.660. The van der Waals surface area contributed by atoms with E-state index in [0.29, 0.717) is 6.42 Å². The first kappa shape index (κ1) is 10.2. The van der Waals surface area contributed by atoms with Crippen LogP contribution in [0.15, 0.2) is 12.2 Å². The minimum atomic E-state index is -2.59. The molecule has 0 heterocycles. The van der Waals surface area contributed by atoms with Crippen molar-refractivity contribution >= 4 is 5.91 Å². The lowest BCUT2D eigenvalue weighted by Crippen LogP contribution is -2.32. The monoisotopic (exact) mass is 189 g/mol. The molecule has 0 radical (unpaired) electrons. The molecule has 0 aromatic heterocycles. The second-order valence-electron chi connectivity index (χ2n) is 3.30. The molecule has 0 saturated heterocycles. The van der Waals surface area contributed by atoms with Gasteiger partial charge in [-0.1, -0.05) is 6.08 Å². The van der Waals surface area contributed by atoms with E-state index in [1.54, 1.807) is 13.0 Å². The largest absolute Gasteiger partial charge is 0.350 e. The molecular formula is C9H13F2NO. The summed E-state index contributed by atoms with van der Waals surface area (Å²) in [6.45, 7) is 1.71. The third-order valence-corrected chi connectivity index (χ3v) is 2.07. The van der Waals surface area contributed by atoms with E-state index >= 15 is 0 Å². The van der Waals surface area contributed by atoms with Gasteiger partial charge in [0.2, 0.25) is 11.8 Å². The van der Waals surface area contributed by atoms with Crippen molar-refractivity contribution in [3.63, 3.8) is 0 Å². The Morgan fingerprint density at radius 3 is 2.77 bits per heavy atom. The molecule has 4 heteroatoms. The van der Waals surface area contributed by atoms with Gasteiger partial charge in [-0.2, -0.15) is 0 Å². The summed E-state index contributed by atoms with van der Waals surface area (Å²) in [5.74, 6) is -2.88. The Balaban J connectivity index is 2.36. The highest BCUT2D eigenvalue weighted by molar-refractivity contribution is 5.87. The molecule has 13 heavy (non-hydrogen) atoms. The van der Waals surface area contributed by atoms with Crippen LogP contribution >= 0.6 is 0 Å². The Bertz CT molecular complexity index is 226. The van der Waals surface area contributed by atoms with Gasteiger partial charge in [0, 0.05) is 18.9 Å². The average Bonchev–Trinajstić information content (AvgIpc) is 2.30. The van der Waals surface area contributed by atoms with Crippen LogP contribution in [0.5, 0.6) is 0 Å². The van der Waals surface area contributed by atoms with Crippen LogP contribution in [0.25, 0.3) is 0 Å². The molecule has 2 nitrogen and oxygen atoms in total. The van der Waals surface area contributed by atoms with Gasteiger partial charge >= 0.3 is 0 Å². The van der Waals surface area contributed by atoms with E-state index in [4.69, 9.17) is 0 Å². The molecule has 1 unspecified atom stereocenters. The van der Waals surface area contributed by atoms with Crippen LogP contribution in [0.4, 0.5) is 8.78 Å². The lowest BCUT2D eigenvalue weighted by Gasteiger charge is -2.10. The molecule has 0 bridgehead atoms. The van der Waals surface area contributed by atoms with Crippen molar-refractivity contribution in [3.05, 3.63) is 12.2 Å². The Kier molecular flexibility index (Phi) is 3.01. The van der Waals surface area contributed by atoms with Crippen LogP contribution in [0.3, 0.4) is 0 Å². The number of carbonyl (C=O) groups is 1. The summed E-state index contributed by atoms with van der Waals surface area (Å²) in [5, 5.41) is 2.53. The third kappa shape index (κ3) is 3.13. The number of alkyl halides is 2. The Morgan fingerprint density at radius 2 is 2.31 bits per heavy atom. The maximum absolute atomic E-state index is 12.7. The zero-order valence-corrected chi connectivity index (χ0v) is 7.52. The molecule has 1 aliphatic carbocycles. The molecule has 0 aromatic carbocycles. The maximum Gasteiger partial charge on any atom is 0.250 e. The van der Waals surface area contributed by atoms with Gasteiger partial charge in [-0.25, -0.2) is 8.78 Å². The third-order valence-electron chi connectivity index (χ3n) is 2.07. The molecular weight excluding hydrogens is 176 g/mol. The molecule has 0 spiro atoms. The van der Waals surface area contributed by atoms with Crippen LogP contribution in [0.1, 0.15) is 26.2 Å². The fourth-order valence-electron chi connectivity index (χ4n) is 1.47. The van der Waals surface area contributed by atoms with Crippen molar-refractivity contribution in [2.24, 2.45) is 0 Å². The predicted molar refractivity (Wildman–Crippen MR) is 45.5 cm³/mol. The summed E-state index contributed by atoms with van der Waals surface area (Å²) in [6.07, 6.45) is 2.96. The number of amides is 1. The number of nitrogens with one attached hydrogen (secondary N) is 1. The van der Waals surface area contributed by atoms with Crippen molar-refractivity contribution in [2.75, 3.05) is 0 Å². The van der Waals surface area contributed by atoms with Gasteiger partial charge in [0.25, 0.3) is 0 Å². The summed E-state index contributed by atoms with van der Waals surface area (Å²) < 4.78 is 25.3. The van der Waals surface area contributed by atoms with E-state index in [-0.39, 0.29) is 24.8 Å². The highest BCUT2D eigenvalue weighted by Crippen LogP contribution is 2.34. The number of rotatable bonds is 2. The van der Waals surface area contributed by atoms with Crippen molar-refractivity contribution in [3.8, 4) is 0 Å². The summed E-state index contributed by atoms with van der Waals surface area (Å²) in [7, 11) is 0. The molecule has 74 valence electrons. The zero-order chi connectivity index (χ0) is 9.90. The minimum Gasteiger partial charge on any atom is -0.350 e. The van der Waals surface area contributed by atoms with Crippen molar-refractivity contribution in [1.29, 1.82) is 0 Å². The topological polar surface area (TPSA) is 29.1 Å². The average molecular weight is 189 g/mol. The molecule has 1 atom stereocenters. The molecule has 0 aliphatic heterocycles. The van der Waals surface area contributed by atoms with Crippen LogP contribution in [0, 0.1) is 0 Å². The van der Waals surface area contributed by atoms with Gasteiger partial charge in [0.15, 0.2) is 0 Å². The standard InChI is InChI=1S/C9H13F2NO/c1-2-3-8(13)12-7-4-5-9(10,11)6-7/h2-3,7H,4-6H2,1H3,(H,12,13)/b3-2+. The first-order chi connectivity index (χ1) is 6.03. The molecule has 0 aromatic rings. The van der Waals surface area contributed by atoms with E-state index < -0.39 is 5.92 Å². The van der Waals surface area contributed by atoms with E-state index in [1.807, 2.05) is 0 Å². The number of allylic oxidation sites excluding steroid dienone is 1. The maximum atomic E-state index is 12.7.